The second-order valence-corrected chi connectivity index (χ2v) is 7.46. The molecule has 1 aromatic heterocycles. The predicted molar refractivity (Wildman–Crippen MR) is 83.5 cm³/mol. The standard InChI is InChI=1S/C16H26N4O2/c1-5-20-9-12(8-18-20)13-16(10-17-13)6-7-19(11-16)14(21)22-15(2,3)4/h8-9,13,17H,5-7,10-11H2,1-4H3/t13-,16+/m0/s1. The second-order valence-electron chi connectivity index (χ2n) is 7.46. The Morgan fingerprint density at radius 3 is 2.86 bits per heavy atom. The summed E-state index contributed by atoms with van der Waals surface area (Å²) in [6.07, 6.45) is 4.87. The van der Waals surface area contributed by atoms with Crippen molar-refractivity contribution in [3.63, 3.8) is 0 Å². The number of nitrogens with zero attached hydrogens (tertiary/aromatic N) is 3. The van der Waals surface area contributed by atoms with Gasteiger partial charge >= 0.3 is 6.09 Å². The zero-order valence-corrected chi connectivity index (χ0v) is 13.9. The summed E-state index contributed by atoms with van der Waals surface area (Å²) in [7, 11) is 0. The van der Waals surface area contributed by atoms with Gasteiger partial charge in [-0.1, -0.05) is 0 Å². The first-order valence-electron chi connectivity index (χ1n) is 8.07. The summed E-state index contributed by atoms with van der Waals surface area (Å²) in [6.45, 7) is 11.2. The molecule has 3 heterocycles. The number of hydrogen-bond acceptors (Lipinski definition) is 4. The van der Waals surface area contributed by atoms with Gasteiger partial charge < -0.3 is 15.0 Å². The maximum absolute atomic E-state index is 12.2. The Morgan fingerprint density at radius 1 is 1.55 bits per heavy atom. The summed E-state index contributed by atoms with van der Waals surface area (Å²) in [5.41, 5.74) is 0.921. The van der Waals surface area contributed by atoms with Crippen molar-refractivity contribution in [2.45, 2.75) is 52.3 Å². The van der Waals surface area contributed by atoms with E-state index in [9.17, 15) is 4.79 Å². The maximum Gasteiger partial charge on any atom is 0.410 e. The van der Waals surface area contributed by atoms with Crippen LogP contribution in [-0.2, 0) is 11.3 Å². The van der Waals surface area contributed by atoms with Crippen molar-refractivity contribution in [1.82, 2.24) is 20.0 Å². The molecule has 2 fully saturated rings. The fraction of sp³-hybridized carbons (Fsp3) is 0.750. The summed E-state index contributed by atoms with van der Waals surface area (Å²) in [4.78, 5) is 14.1. The van der Waals surface area contributed by atoms with Crippen LogP contribution in [0, 0.1) is 5.41 Å². The molecule has 6 nitrogen and oxygen atoms in total. The van der Waals surface area contributed by atoms with Crippen LogP contribution in [-0.4, -0.2) is 46.0 Å². The highest BCUT2D eigenvalue weighted by atomic mass is 16.6. The monoisotopic (exact) mass is 306 g/mol. The third-order valence-corrected chi connectivity index (χ3v) is 4.62. The smallest absolute Gasteiger partial charge is 0.410 e. The number of aromatic nitrogens is 2. The molecule has 0 unspecified atom stereocenters. The first-order chi connectivity index (χ1) is 10.3. The number of carbonyl (C=O) groups is 1. The lowest BCUT2D eigenvalue weighted by molar-refractivity contribution is 0.0216. The highest BCUT2D eigenvalue weighted by molar-refractivity contribution is 5.68. The molecule has 1 amide bonds. The lowest BCUT2D eigenvalue weighted by atomic mass is 9.70. The van der Waals surface area contributed by atoms with Crippen LogP contribution in [0.15, 0.2) is 12.4 Å². The molecular weight excluding hydrogens is 280 g/mol. The van der Waals surface area contributed by atoms with E-state index in [-0.39, 0.29) is 11.5 Å². The number of nitrogens with one attached hydrogen (secondary N) is 1. The van der Waals surface area contributed by atoms with Crippen molar-refractivity contribution in [3.8, 4) is 0 Å². The van der Waals surface area contributed by atoms with Crippen LogP contribution in [0.4, 0.5) is 4.79 Å². The van der Waals surface area contributed by atoms with Gasteiger partial charge in [-0.2, -0.15) is 5.10 Å². The van der Waals surface area contributed by atoms with E-state index < -0.39 is 5.60 Å². The minimum absolute atomic E-state index is 0.137. The van der Waals surface area contributed by atoms with Crippen LogP contribution < -0.4 is 5.32 Å². The van der Waals surface area contributed by atoms with E-state index >= 15 is 0 Å². The fourth-order valence-corrected chi connectivity index (χ4v) is 3.42. The number of hydrogen-bond donors (Lipinski definition) is 1. The molecule has 0 radical (unpaired) electrons. The van der Waals surface area contributed by atoms with Crippen LogP contribution in [0.25, 0.3) is 0 Å². The molecule has 2 aliphatic heterocycles. The molecule has 0 aliphatic carbocycles. The first-order valence-corrected chi connectivity index (χ1v) is 8.07. The number of ether oxygens (including phenoxy) is 1. The van der Waals surface area contributed by atoms with Crippen molar-refractivity contribution < 1.29 is 9.53 Å². The number of carbonyl (C=O) groups excluding carboxylic acids is 1. The van der Waals surface area contributed by atoms with E-state index in [2.05, 4.69) is 23.5 Å². The highest BCUT2D eigenvalue weighted by Gasteiger charge is 2.53. The Labute approximate surface area is 131 Å². The summed E-state index contributed by atoms with van der Waals surface area (Å²) in [5.74, 6) is 0. The van der Waals surface area contributed by atoms with Gasteiger partial charge in [-0.05, 0) is 34.1 Å². The molecular formula is C16H26N4O2. The summed E-state index contributed by atoms with van der Waals surface area (Å²) < 4.78 is 7.44. The molecule has 122 valence electrons. The predicted octanol–water partition coefficient (Wildman–Crippen LogP) is 2.17. The van der Waals surface area contributed by atoms with E-state index in [1.165, 1.54) is 5.56 Å². The zero-order valence-electron chi connectivity index (χ0n) is 13.9. The molecule has 6 heteroatoms. The average molecular weight is 306 g/mol. The Kier molecular flexibility index (Phi) is 3.67. The van der Waals surface area contributed by atoms with Crippen molar-refractivity contribution in [1.29, 1.82) is 0 Å². The van der Waals surface area contributed by atoms with Gasteiger partial charge in [0.1, 0.15) is 5.60 Å². The minimum Gasteiger partial charge on any atom is -0.444 e. The van der Waals surface area contributed by atoms with E-state index in [0.29, 0.717) is 6.04 Å². The van der Waals surface area contributed by atoms with E-state index in [4.69, 9.17) is 4.74 Å². The van der Waals surface area contributed by atoms with Gasteiger partial charge in [-0.25, -0.2) is 4.79 Å². The molecule has 3 rings (SSSR count). The van der Waals surface area contributed by atoms with Crippen LogP contribution in [0.5, 0.6) is 0 Å². The second kappa shape index (κ2) is 5.26. The average Bonchev–Trinajstić information content (AvgIpc) is 3.03. The van der Waals surface area contributed by atoms with E-state index in [0.717, 1.165) is 32.6 Å². The first kappa shape index (κ1) is 15.3. The molecule has 2 atom stereocenters. The molecule has 1 spiro atoms. The summed E-state index contributed by atoms with van der Waals surface area (Å²) in [5, 5.41) is 7.87. The molecule has 2 saturated heterocycles. The quantitative estimate of drug-likeness (QED) is 0.910. The van der Waals surface area contributed by atoms with Crippen molar-refractivity contribution in [3.05, 3.63) is 18.0 Å². The molecule has 22 heavy (non-hydrogen) atoms. The van der Waals surface area contributed by atoms with Gasteiger partial charge in [-0.15, -0.1) is 0 Å². The lowest BCUT2D eigenvalue weighted by Crippen LogP contribution is -2.57. The van der Waals surface area contributed by atoms with E-state index in [1.54, 1.807) is 0 Å². The third-order valence-electron chi connectivity index (χ3n) is 4.62. The Hall–Kier alpha value is -1.56. The van der Waals surface area contributed by atoms with Gasteiger partial charge in [0, 0.05) is 49.4 Å². The van der Waals surface area contributed by atoms with Crippen LogP contribution >= 0.6 is 0 Å². The van der Waals surface area contributed by atoms with Crippen molar-refractivity contribution >= 4 is 6.09 Å². The van der Waals surface area contributed by atoms with Crippen LogP contribution in [0.2, 0.25) is 0 Å². The third kappa shape index (κ3) is 2.72. The number of aryl methyl sites for hydroxylation is 1. The topological polar surface area (TPSA) is 59.4 Å². The van der Waals surface area contributed by atoms with Gasteiger partial charge in [0.05, 0.1) is 6.20 Å². The number of likely N-dealkylation sites (tertiary alicyclic amines) is 1. The van der Waals surface area contributed by atoms with Gasteiger partial charge in [0.25, 0.3) is 0 Å². The highest BCUT2D eigenvalue weighted by Crippen LogP contribution is 2.47. The van der Waals surface area contributed by atoms with Gasteiger partial charge in [0.2, 0.25) is 0 Å². The number of amides is 1. The molecule has 0 bridgehead atoms. The fourth-order valence-electron chi connectivity index (χ4n) is 3.42. The largest absolute Gasteiger partial charge is 0.444 e. The zero-order chi connectivity index (χ0) is 16.0. The Bertz CT molecular complexity index is 563. The SMILES string of the molecule is CCn1cc([C@@H]2NC[C@@]23CCN(C(=O)OC(C)(C)C)C3)cn1. The Balaban J connectivity index is 1.67. The van der Waals surface area contributed by atoms with E-state index in [1.807, 2.05) is 36.5 Å². The van der Waals surface area contributed by atoms with Crippen LogP contribution in [0.3, 0.4) is 0 Å². The molecule has 1 N–H and O–H groups in total. The summed E-state index contributed by atoms with van der Waals surface area (Å²) >= 11 is 0. The van der Waals surface area contributed by atoms with Crippen molar-refractivity contribution in [2.24, 2.45) is 5.41 Å². The van der Waals surface area contributed by atoms with Gasteiger partial charge in [0.15, 0.2) is 0 Å². The number of rotatable bonds is 2. The minimum atomic E-state index is -0.438. The van der Waals surface area contributed by atoms with Gasteiger partial charge in [-0.3, -0.25) is 4.68 Å². The van der Waals surface area contributed by atoms with Crippen LogP contribution in [0.1, 0.15) is 45.7 Å². The normalized spacial score (nSPS) is 28.0. The summed E-state index contributed by atoms with van der Waals surface area (Å²) in [6, 6.07) is 0.292. The Morgan fingerprint density at radius 2 is 2.32 bits per heavy atom. The lowest BCUT2D eigenvalue weighted by Gasteiger charge is -2.47. The molecule has 0 saturated carbocycles. The molecule has 1 aromatic rings. The molecule has 2 aliphatic rings. The van der Waals surface area contributed by atoms with Crippen molar-refractivity contribution in [2.75, 3.05) is 19.6 Å². The maximum atomic E-state index is 12.2. The molecule has 0 aromatic carbocycles.